The van der Waals surface area contributed by atoms with Crippen LogP contribution in [0, 0.1) is 0 Å². The van der Waals surface area contributed by atoms with Crippen LogP contribution in [0.15, 0.2) is 24.3 Å². The molecule has 0 amide bonds. The smallest absolute Gasteiger partial charge is 0.0599 e. The van der Waals surface area contributed by atoms with Gasteiger partial charge in [0, 0.05) is 32.3 Å². The fourth-order valence-corrected chi connectivity index (χ4v) is 3.96. The van der Waals surface area contributed by atoms with Gasteiger partial charge in [-0.1, -0.05) is 24.3 Å². The van der Waals surface area contributed by atoms with Gasteiger partial charge < -0.3 is 10.5 Å². The van der Waals surface area contributed by atoms with Crippen LogP contribution in [-0.2, 0) is 11.2 Å². The van der Waals surface area contributed by atoms with Gasteiger partial charge in [0.25, 0.3) is 0 Å². The summed E-state index contributed by atoms with van der Waals surface area (Å²) in [6, 6.07) is 9.97. The Kier molecular flexibility index (Phi) is 4.39. The van der Waals surface area contributed by atoms with Crippen LogP contribution in [0.2, 0.25) is 0 Å². The summed E-state index contributed by atoms with van der Waals surface area (Å²) in [7, 11) is 1.82. The second kappa shape index (κ2) is 6.25. The average Bonchev–Trinajstić information content (AvgIpc) is 2.53. The summed E-state index contributed by atoms with van der Waals surface area (Å²) in [5.41, 5.74) is 9.11. The third kappa shape index (κ3) is 2.62. The zero-order chi connectivity index (χ0) is 13.9. The van der Waals surface area contributed by atoms with E-state index in [9.17, 15) is 0 Å². The van der Waals surface area contributed by atoms with Crippen LogP contribution in [0.5, 0.6) is 0 Å². The van der Waals surface area contributed by atoms with E-state index in [4.69, 9.17) is 10.5 Å². The first-order chi connectivity index (χ1) is 9.83. The zero-order valence-corrected chi connectivity index (χ0v) is 12.4. The van der Waals surface area contributed by atoms with Crippen molar-refractivity contribution in [1.82, 2.24) is 4.90 Å². The number of hydrogen-bond donors (Lipinski definition) is 1. The molecule has 1 aliphatic heterocycles. The molecule has 1 fully saturated rings. The summed E-state index contributed by atoms with van der Waals surface area (Å²) in [6.45, 7) is 1.85. The summed E-state index contributed by atoms with van der Waals surface area (Å²) >= 11 is 0. The number of ether oxygens (including phenoxy) is 1. The van der Waals surface area contributed by atoms with E-state index in [2.05, 4.69) is 29.2 Å². The fourth-order valence-electron chi connectivity index (χ4n) is 3.96. The summed E-state index contributed by atoms with van der Waals surface area (Å²) in [5.74, 6) is 0. The molecule has 1 aromatic rings. The number of benzene rings is 1. The first-order valence-electron chi connectivity index (χ1n) is 7.90. The highest BCUT2D eigenvalue weighted by molar-refractivity contribution is 5.32. The second-order valence-corrected chi connectivity index (χ2v) is 6.12. The molecule has 3 nitrogen and oxygen atoms in total. The van der Waals surface area contributed by atoms with E-state index in [0.29, 0.717) is 18.2 Å². The quantitative estimate of drug-likeness (QED) is 0.920. The van der Waals surface area contributed by atoms with Gasteiger partial charge in [0.15, 0.2) is 0 Å². The van der Waals surface area contributed by atoms with Crippen molar-refractivity contribution in [2.24, 2.45) is 5.73 Å². The number of hydrogen-bond acceptors (Lipinski definition) is 3. The van der Waals surface area contributed by atoms with Crippen molar-refractivity contribution < 1.29 is 4.74 Å². The Balaban J connectivity index is 1.82. The first kappa shape index (κ1) is 14.1. The third-order valence-corrected chi connectivity index (χ3v) is 5.06. The predicted octanol–water partition coefficient (Wildman–Crippen LogP) is 2.50. The van der Waals surface area contributed by atoms with Gasteiger partial charge in [0.1, 0.15) is 0 Å². The number of rotatable bonds is 3. The normalized spacial score (nSPS) is 31.0. The molecule has 110 valence electrons. The Morgan fingerprint density at radius 2 is 2.15 bits per heavy atom. The lowest BCUT2D eigenvalue weighted by atomic mass is 9.84. The molecule has 1 aliphatic carbocycles. The minimum Gasteiger partial charge on any atom is -0.381 e. The SMILES string of the molecule is COC1CCN(C2CCCc3ccccc32)C(CN)C1. The molecule has 0 aromatic heterocycles. The molecule has 2 aliphatic rings. The van der Waals surface area contributed by atoms with Crippen molar-refractivity contribution in [2.75, 3.05) is 20.2 Å². The molecular formula is C17H26N2O. The van der Waals surface area contributed by atoms with E-state index in [-0.39, 0.29) is 0 Å². The van der Waals surface area contributed by atoms with Crippen LogP contribution < -0.4 is 5.73 Å². The van der Waals surface area contributed by atoms with Gasteiger partial charge in [0.05, 0.1) is 6.10 Å². The lowest BCUT2D eigenvalue weighted by Gasteiger charge is -2.45. The molecule has 20 heavy (non-hydrogen) atoms. The highest BCUT2D eigenvalue weighted by Crippen LogP contribution is 2.37. The van der Waals surface area contributed by atoms with Crippen LogP contribution in [-0.4, -0.2) is 37.2 Å². The lowest BCUT2D eigenvalue weighted by Crippen LogP contribution is -2.50. The zero-order valence-electron chi connectivity index (χ0n) is 12.4. The molecule has 0 radical (unpaired) electrons. The topological polar surface area (TPSA) is 38.5 Å². The number of aryl methyl sites for hydroxylation is 1. The van der Waals surface area contributed by atoms with E-state index in [0.717, 1.165) is 25.9 Å². The highest BCUT2D eigenvalue weighted by Gasteiger charge is 2.34. The number of nitrogens with zero attached hydrogens (tertiary/aromatic N) is 1. The Labute approximate surface area is 122 Å². The summed E-state index contributed by atoms with van der Waals surface area (Å²) < 4.78 is 5.55. The summed E-state index contributed by atoms with van der Waals surface area (Å²) in [6.07, 6.45) is 6.39. The molecule has 3 heteroatoms. The molecule has 3 unspecified atom stereocenters. The predicted molar refractivity (Wildman–Crippen MR) is 81.7 cm³/mol. The minimum atomic E-state index is 0.388. The Morgan fingerprint density at radius 3 is 2.95 bits per heavy atom. The summed E-state index contributed by atoms with van der Waals surface area (Å²) in [5, 5.41) is 0. The molecule has 1 aromatic carbocycles. The van der Waals surface area contributed by atoms with Crippen molar-refractivity contribution in [1.29, 1.82) is 0 Å². The number of fused-ring (bicyclic) bond motifs is 1. The van der Waals surface area contributed by atoms with Crippen molar-refractivity contribution in [3.05, 3.63) is 35.4 Å². The molecule has 3 rings (SSSR count). The van der Waals surface area contributed by atoms with Gasteiger partial charge in [-0.15, -0.1) is 0 Å². The molecule has 1 heterocycles. The number of nitrogens with two attached hydrogens (primary N) is 1. The molecular weight excluding hydrogens is 248 g/mol. The van der Waals surface area contributed by atoms with Gasteiger partial charge in [0.2, 0.25) is 0 Å². The monoisotopic (exact) mass is 274 g/mol. The number of piperidine rings is 1. The number of methoxy groups -OCH3 is 1. The molecule has 2 N–H and O–H groups in total. The van der Waals surface area contributed by atoms with Crippen molar-refractivity contribution >= 4 is 0 Å². The van der Waals surface area contributed by atoms with Gasteiger partial charge in [-0.05, 0) is 43.2 Å². The molecule has 1 saturated heterocycles. The largest absolute Gasteiger partial charge is 0.381 e. The second-order valence-electron chi connectivity index (χ2n) is 6.12. The first-order valence-corrected chi connectivity index (χ1v) is 7.90. The fraction of sp³-hybridized carbons (Fsp3) is 0.647. The van der Waals surface area contributed by atoms with Crippen LogP contribution in [0.3, 0.4) is 0 Å². The van der Waals surface area contributed by atoms with E-state index >= 15 is 0 Å². The molecule has 0 saturated carbocycles. The van der Waals surface area contributed by atoms with Crippen molar-refractivity contribution in [2.45, 2.75) is 50.3 Å². The van der Waals surface area contributed by atoms with Gasteiger partial charge in [-0.3, -0.25) is 4.90 Å². The van der Waals surface area contributed by atoms with Gasteiger partial charge in [-0.25, -0.2) is 0 Å². The standard InChI is InChI=1S/C17H26N2O/c1-20-15-9-10-19(14(11-15)12-18)17-8-4-6-13-5-2-3-7-16(13)17/h2-3,5,7,14-15,17H,4,6,8-12,18H2,1H3. The van der Waals surface area contributed by atoms with Crippen LogP contribution in [0.1, 0.15) is 42.9 Å². The molecule has 3 atom stereocenters. The van der Waals surface area contributed by atoms with Crippen molar-refractivity contribution in [3.8, 4) is 0 Å². The maximum absolute atomic E-state index is 6.04. The highest BCUT2D eigenvalue weighted by atomic mass is 16.5. The van der Waals surface area contributed by atoms with Crippen LogP contribution >= 0.6 is 0 Å². The number of likely N-dealkylation sites (tertiary alicyclic amines) is 1. The molecule has 0 spiro atoms. The third-order valence-electron chi connectivity index (χ3n) is 5.06. The average molecular weight is 274 g/mol. The van der Waals surface area contributed by atoms with E-state index in [1.54, 1.807) is 0 Å². The van der Waals surface area contributed by atoms with E-state index < -0.39 is 0 Å². The Morgan fingerprint density at radius 1 is 1.30 bits per heavy atom. The summed E-state index contributed by atoms with van der Waals surface area (Å²) in [4.78, 5) is 2.65. The lowest BCUT2D eigenvalue weighted by molar-refractivity contribution is -0.00786. The van der Waals surface area contributed by atoms with E-state index in [1.807, 2.05) is 7.11 Å². The Bertz CT molecular complexity index is 448. The van der Waals surface area contributed by atoms with E-state index in [1.165, 1.54) is 30.4 Å². The van der Waals surface area contributed by atoms with Gasteiger partial charge >= 0.3 is 0 Å². The maximum atomic E-state index is 6.04. The maximum Gasteiger partial charge on any atom is 0.0599 e. The van der Waals surface area contributed by atoms with Crippen molar-refractivity contribution in [3.63, 3.8) is 0 Å². The molecule has 0 bridgehead atoms. The van der Waals surface area contributed by atoms with Crippen LogP contribution in [0.25, 0.3) is 0 Å². The van der Waals surface area contributed by atoms with Crippen LogP contribution in [0.4, 0.5) is 0 Å². The Hall–Kier alpha value is -0.900. The minimum absolute atomic E-state index is 0.388. The van der Waals surface area contributed by atoms with Gasteiger partial charge in [-0.2, -0.15) is 0 Å².